The van der Waals surface area contributed by atoms with Crippen LogP contribution in [-0.4, -0.2) is 44.9 Å². The predicted molar refractivity (Wildman–Crippen MR) is 100 cm³/mol. The quantitative estimate of drug-likeness (QED) is 0.832. The lowest BCUT2D eigenvalue weighted by molar-refractivity contribution is -0.200. The van der Waals surface area contributed by atoms with Gasteiger partial charge < -0.3 is 19.3 Å². The molecule has 3 heterocycles. The minimum absolute atomic E-state index is 0.159. The van der Waals surface area contributed by atoms with Crippen molar-refractivity contribution in [1.29, 1.82) is 0 Å². The molecular weight excluding hydrogens is 364 g/mol. The normalized spacial score (nSPS) is 28.4. The summed E-state index contributed by atoms with van der Waals surface area (Å²) in [5.74, 6) is -0.843. The van der Waals surface area contributed by atoms with Gasteiger partial charge in [0.25, 0.3) is 5.56 Å². The van der Waals surface area contributed by atoms with Crippen LogP contribution in [0.4, 0.5) is 0 Å². The van der Waals surface area contributed by atoms with Crippen molar-refractivity contribution in [1.82, 2.24) is 9.13 Å². The maximum Gasteiger partial charge on any atom is 0.333 e. The number of ether oxygens (including phenoxy) is 3. The van der Waals surface area contributed by atoms with Crippen molar-refractivity contribution < 1.29 is 19.3 Å². The smallest absolute Gasteiger partial charge is 0.333 e. The van der Waals surface area contributed by atoms with Crippen molar-refractivity contribution in [2.75, 3.05) is 6.61 Å². The molecule has 150 valence electrons. The number of rotatable bonds is 4. The SMILES string of the molecule is Cc1ccc(Cn2c(=O)ccn([C@@H]3O[C@H](CO)[C@H]4OC(C)(C)O[C@H]43)c2=O)cc1. The molecule has 0 spiro atoms. The van der Waals surface area contributed by atoms with Crippen molar-refractivity contribution in [3.05, 3.63) is 68.5 Å². The number of hydrogen-bond donors (Lipinski definition) is 1. The van der Waals surface area contributed by atoms with Gasteiger partial charge >= 0.3 is 5.69 Å². The van der Waals surface area contributed by atoms with E-state index in [1.54, 1.807) is 13.8 Å². The van der Waals surface area contributed by atoms with Crippen LogP contribution in [0.5, 0.6) is 0 Å². The number of aromatic nitrogens is 2. The Balaban J connectivity index is 1.70. The van der Waals surface area contributed by atoms with Crippen LogP contribution in [0.2, 0.25) is 0 Å². The summed E-state index contributed by atoms with van der Waals surface area (Å²) in [6.07, 6.45) is -1.04. The number of aryl methyl sites for hydroxylation is 1. The monoisotopic (exact) mass is 388 g/mol. The lowest BCUT2D eigenvalue weighted by Crippen LogP contribution is -2.43. The summed E-state index contributed by atoms with van der Waals surface area (Å²) in [4.78, 5) is 25.4. The van der Waals surface area contributed by atoms with E-state index in [1.807, 2.05) is 31.2 Å². The zero-order valence-corrected chi connectivity index (χ0v) is 16.1. The molecule has 0 aliphatic carbocycles. The minimum atomic E-state index is -0.843. The fourth-order valence-corrected chi connectivity index (χ4v) is 3.78. The van der Waals surface area contributed by atoms with E-state index in [0.717, 1.165) is 15.7 Å². The summed E-state index contributed by atoms with van der Waals surface area (Å²) in [7, 11) is 0. The van der Waals surface area contributed by atoms with E-state index in [2.05, 4.69) is 0 Å². The molecule has 0 amide bonds. The van der Waals surface area contributed by atoms with Crippen molar-refractivity contribution in [3.8, 4) is 0 Å². The number of fused-ring (bicyclic) bond motifs is 1. The Labute approximate surface area is 161 Å². The van der Waals surface area contributed by atoms with Crippen LogP contribution in [0, 0.1) is 6.92 Å². The van der Waals surface area contributed by atoms with Gasteiger partial charge in [-0.15, -0.1) is 0 Å². The lowest BCUT2D eigenvalue weighted by Gasteiger charge is -2.24. The van der Waals surface area contributed by atoms with E-state index in [4.69, 9.17) is 14.2 Å². The van der Waals surface area contributed by atoms with Gasteiger partial charge in [0.2, 0.25) is 0 Å². The van der Waals surface area contributed by atoms with Crippen LogP contribution in [0.1, 0.15) is 31.2 Å². The molecule has 2 aliphatic rings. The second kappa shape index (κ2) is 6.97. The third-order valence-electron chi connectivity index (χ3n) is 5.14. The molecule has 2 aliphatic heterocycles. The van der Waals surface area contributed by atoms with Crippen molar-refractivity contribution in [2.24, 2.45) is 0 Å². The summed E-state index contributed by atoms with van der Waals surface area (Å²) in [6.45, 7) is 5.43. The Morgan fingerprint density at radius 1 is 1.07 bits per heavy atom. The highest BCUT2D eigenvalue weighted by molar-refractivity contribution is 5.21. The van der Waals surface area contributed by atoms with Gasteiger partial charge in [0.05, 0.1) is 13.2 Å². The molecule has 0 bridgehead atoms. The van der Waals surface area contributed by atoms with Gasteiger partial charge in [0.1, 0.15) is 18.3 Å². The van der Waals surface area contributed by atoms with Crippen LogP contribution in [0.3, 0.4) is 0 Å². The van der Waals surface area contributed by atoms with Crippen LogP contribution in [-0.2, 0) is 20.8 Å². The molecule has 2 saturated heterocycles. The highest BCUT2D eigenvalue weighted by Gasteiger charge is 2.55. The molecule has 1 N–H and O–H groups in total. The average molecular weight is 388 g/mol. The molecule has 1 aromatic carbocycles. The molecule has 8 heteroatoms. The summed E-state index contributed by atoms with van der Waals surface area (Å²) >= 11 is 0. The van der Waals surface area contributed by atoms with Crippen LogP contribution in [0.25, 0.3) is 0 Å². The fourth-order valence-electron chi connectivity index (χ4n) is 3.78. The molecule has 2 fully saturated rings. The number of aliphatic hydroxyl groups excluding tert-OH is 1. The minimum Gasteiger partial charge on any atom is -0.394 e. The first-order valence-corrected chi connectivity index (χ1v) is 9.28. The standard InChI is InChI=1S/C20H24N2O6/c1-12-4-6-13(7-5-12)10-22-15(24)8-9-21(19(22)25)18-17-16(14(11-23)26-18)27-20(2,3)28-17/h4-9,14,16-18,23H,10-11H2,1-3H3/t14-,16-,17-,18-/m1/s1. The molecule has 4 rings (SSSR count). The molecule has 1 aromatic heterocycles. The summed E-state index contributed by atoms with van der Waals surface area (Å²) in [6, 6.07) is 8.98. The Morgan fingerprint density at radius 2 is 1.75 bits per heavy atom. The van der Waals surface area contributed by atoms with Crippen LogP contribution >= 0.6 is 0 Å². The van der Waals surface area contributed by atoms with Gasteiger partial charge in [-0.05, 0) is 26.3 Å². The molecule has 4 atom stereocenters. The highest BCUT2D eigenvalue weighted by atomic mass is 16.8. The van der Waals surface area contributed by atoms with E-state index in [0.29, 0.717) is 0 Å². The number of nitrogens with zero attached hydrogens (tertiary/aromatic N) is 2. The average Bonchev–Trinajstić information content (AvgIpc) is 3.13. The Bertz CT molecular complexity index is 977. The van der Waals surface area contributed by atoms with Crippen molar-refractivity contribution in [3.63, 3.8) is 0 Å². The third-order valence-corrected chi connectivity index (χ3v) is 5.14. The highest BCUT2D eigenvalue weighted by Crippen LogP contribution is 2.42. The maximum absolute atomic E-state index is 13.1. The molecule has 0 unspecified atom stereocenters. The van der Waals surface area contributed by atoms with E-state index < -0.39 is 36.0 Å². The van der Waals surface area contributed by atoms with Gasteiger partial charge in [0, 0.05) is 12.3 Å². The molecule has 2 aromatic rings. The molecule has 0 radical (unpaired) electrons. The second-order valence-electron chi connectivity index (χ2n) is 7.73. The van der Waals surface area contributed by atoms with Crippen molar-refractivity contribution in [2.45, 2.75) is 57.6 Å². The first-order valence-electron chi connectivity index (χ1n) is 9.28. The van der Waals surface area contributed by atoms with Crippen molar-refractivity contribution >= 4 is 0 Å². The Morgan fingerprint density at radius 3 is 2.43 bits per heavy atom. The lowest BCUT2D eigenvalue weighted by atomic mass is 10.1. The van der Waals surface area contributed by atoms with Gasteiger partial charge in [-0.1, -0.05) is 29.8 Å². The van der Waals surface area contributed by atoms with Gasteiger partial charge in [0.15, 0.2) is 12.0 Å². The van der Waals surface area contributed by atoms with Crippen LogP contribution < -0.4 is 11.2 Å². The predicted octanol–water partition coefficient (Wildman–Crippen LogP) is 0.777. The summed E-state index contributed by atoms with van der Waals surface area (Å²) < 4.78 is 20.1. The van der Waals surface area contributed by atoms with E-state index in [-0.39, 0.29) is 18.7 Å². The van der Waals surface area contributed by atoms with E-state index in [9.17, 15) is 14.7 Å². The molecule has 28 heavy (non-hydrogen) atoms. The largest absolute Gasteiger partial charge is 0.394 e. The zero-order chi connectivity index (χ0) is 20.1. The van der Waals surface area contributed by atoms with Gasteiger partial charge in [-0.3, -0.25) is 13.9 Å². The molecular formula is C20H24N2O6. The van der Waals surface area contributed by atoms with Gasteiger partial charge in [-0.25, -0.2) is 4.79 Å². The second-order valence-corrected chi connectivity index (χ2v) is 7.73. The first kappa shape index (κ1) is 19.1. The first-order chi connectivity index (χ1) is 13.3. The number of benzene rings is 1. The Kier molecular flexibility index (Phi) is 4.75. The fraction of sp³-hybridized carbons (Fsp3) is 0.500. The van der Waals surface area contributed by atoms with Crippen LogP contribution in [0.15, 0.2) is 46.1 Å². The Hall–Kier alpha value is -2.26. The third kappa shape index (κ3) is 3.33. The maximum atomic E-state index is 13.1. The molecule has 8 nitrogen and oxygen atoms in total. The van der Waals surface area contributed by atoms with E-state index in [1.165, 1.54) is 16.8 Å². The zero-order valence-electron chi connectivity index (χ0n) is 16.1. The molecule has 0 saturated carbocycles. The number of aliphatic hydroxyl groups is 1. The summed E-state index contributed by atoms with van der Waals surface area (Å²) in [5, 5.41) is 9.63. The van der Waals surface area contributed by atoms with E-state index >= 15 is 0 Å². The van der Waals surface area contributed by atoms with Gasteiger partial charge in [-0.2, -0.15) is 0 Å². The topological polar surface area (TPSA) is 91.9 Å². The summed E-state index contributed by atoms with van der Waals surface area (Å²) in [5.41, 5.74) is 1.06. The number of hydrogen-bond acceptors (Lipinski definition) is 6.